The molecule has 0 fully saturated rings. The Morgan fingerprint density at radius 2 is 1.65 bits per heavy atom. The van der Waals surface area contributed by atoms with E-state index in [1.807, 2.05) is 0 Å². The van der Waals surface area contributed by atoms with Crippen molar-refractivity contribution in [1.82, 2.24) is 9.97 Å². The van der Waals surface area contributed by atoms with E-state index in [2.05, 4.69) is 20.0 Å². The number of hydrogen-bond donors (Lipinski definition) is 2. The van der Waals surface area contributed by atoms with Gasteiger partial charge in [0, 0.05) is 17.6 Å². The maximum Gasteiger partial charge on any atom is 0.234 e. The first-order valence-corrected chi connectivity index (χ1v) is 10.2. The van der Waals surface area contributed by atoms with Gasteiger partial charge in [0.15, 0.2) is 0 Å². The van der Waals surface area contributed by atoms with Gasteiger partial charge in [-0.3, -0.25) is 4.72 Å². The summed E-state index contributed by atoms with van der Waals surface area (Å²) >= 11 is 18.0. The fourth-order valence-corrected chi connectivity index (χ4v) is 3.74. The predicted molar refractivity (Wildman–Crippen MR) is 107 cm³/mol. The lowest BCUT2D eigenvalue weighted by atomic mass is 10.2. The molecule has 10 heteroatoms. The summed E-state index contributed by atoms with van der Waals surface area (Å²) in [5, 5.41) is 4.25. The molecule has 0 spiro atoms. The molecule has 3 rings (SSSR count). The number of hydrogen-bond acceptors (Lipinski definition) is 5. The highest BCUT2D eigenvalue weighted by Gasteiger charge is 2.13. The summed E-state index contributed by atoms with van der Waals surface area (Å²) in [4.78, 5) is 8.19. The highest BCUT2D eigenvalue weighted by atomic mass is 35.5. The van der Waals surface area contributed by atoms with Gasteiger partial charge in [0.1, 0.15) is 5.82 Å². The number of benzene rings is 2. The molecular weight excluding hydrogens is 419 g/mol. The zero-order valence-corrected chi connectivity index (χ0v) is 16.3. The Kier molecular flexibility index (Phi) is 5.72. The molecule has 0 aliphatic carbocycles. The Morgan fingerprint density at radius 3 is 2.38 bits per heavy atom. The topological polar surface area (TPSA) is 84.0 Å². The summed E-state index contributed by atoms with van der Waals surface area (Å²) in [6, 6.07) is 11.8. The second-order valence-electron chi connectivity index (χ2n) is 5.34. The quantitative estimate of drug-likeness (QED) is 0.564. The molecule has 0 amide bonds. The molecule has 0 saturated carbocycles. The minimum absolute atomic E-state index is 0.0173. The molecule has 3 aromatic rings. The Labute approximate surface area is 165 Å². The van der Waals surface area contributed by atoms with Gasteiger partial charge in [-0.25, -0.2) is 18.4 Å². The Morgan fingerprint density at radius 1 is 0.962 bits per heavy atom. The first kappa shape index (κ1) is 19.0. The van der Waals surface area contributed by atoms with Gasteiger partial charge in [0.05, 0.1) is 21.3 Å². The Bertz CT molecular complexity index is 1050. The summed E-state index contributed by atoms with van der Waals surface area (Å²) < 4.78 is 26.8. The maximum atomic E-state index is 12.2. The smallest absolute Gasteiger partial charge is 0.234 e. The lowest BCUT2D eigenvalue weighted by Gasteiger charge is -2.11. The molecule has 136 valence electrons. The van der Waals surface area contributed by atoms with Crippen LogP contribution in [-0.4, -0.2) is 30.7 Å². The third-order valence-electron chi connectivity index (χ3n) is 3.42. The number of nitrogens with one attached hydrogen (secondary N) is 2. The summed E-state index contributed by atoms with van der Waals surface area (Å²) in [5.41, 5.74) is 1.01. The molecular formula is C16H13Cl3N4O2S. The minimum Gasteiger partial charge on any atom is -0.368 e. The van der Waals surface area contributed by atoms with E-state index in [0.717, 1.165) is 0 Å². The van der Waals surface area contributed by atoms with Crippen LogP contribution in [0.1, 0.15) is 0 Å². The van der Waals surface area contributed by atoms with Crippen molar-refractivity contribution in [3.63, 3.8) is 0 Å². The number of para-hydroxylation sites is 1. The van der Waals surface area contributed by atoms with Crippen LogP contribution in [0.25, 0.3) is 10.9 Å². The molecule has 2 N–H and O–H groups in total. The second-order valence-corrected chi connectivity index (χ2v) is 8.33. The van der Waals surface area contributed by atoms with E-state index >= 15 is 0 Å². The van der Waals surface area contributed by atoms with Crippen molar-refractivity contribution in [1.29, 1.82) is 0 Å². The van der Waals surface area contributed by atoms with Gasteiger partial charge in [-0.1, -0.05) is 41.4 Å². The largest absolute Gasteiger partial charge is 0.368 e. The molecule has 0 radical (unpaired) electrons. The van der Waals surface area contributed by atoms with Crippen LogP contribution in [0.3, 0.4) is 0 Å². The van der Waals surface area contributed by atoms with Gasteiger partial charge in [-0.2, -0.15) is 0 Å². The van der Waals surface area contributed by atoms with E-state index in [0.29, 0.717) is 32.5 Å². The number of anilines is 2. The number of aromatic nitrogens is 2. The van der Waals surface area contributed by atoms with Crippen molar-refractivity contribution in [2.75, 3.05) is 22.3 Å². The number of fused-ring (bicyclic) bond motifs is 1. The molecule has 0 saturated heterocycles. The maximum absolute atomic E-state index is 12.2. The van der Waals surface area contributed by atoms with Gasteiger partial charge >= 0.3 is 0 Å². The molecule has 6 nitrogen and oxygen atoms in total. The van der Waals surface area contributed by atoms with Gasteiger partial charge in [-0.15, -0.1) is 0 Å². The number of halogens is 3. The van der Waals surface area contributed by atoms with Crippen LogP contribution >= 0.6 is 34.8 Å². The lowest BCUT2D eigenvalue weighted by Crippen LogP contribution is -2.22. The standard InChI is InChI=1S/C16H13Cl3N4O2S/c17-12-8-11-14(9-13(12)18)21-16(19)22-15(11)20-6-7-26(24,25)23-10-4-2-1-3-5-10/h1-5,8-9,23H,6-7H2,(H,20,21,22). The Hall–Kier alpha value is -1.80. The van der Waals surface area contributed by atoms with E-state index in [9.17, 15) is 8.42 Å². The third kappa shape index (κ3) is 4.67. The first-order chi connectivity index (χ1) is 12.3. The summed E-state index contributed by atoms with van der Waals surface area (Å²) in [7, 11) is -3.52. The van der Waals surface area contributed by atoms with Gasteiger partial charge in [0.2, 0.25) is 15.3 Å². The van der Waals surface area contributed by atoms with Crippen LogP contribution in [0.5, 0.6) is 0 Å². The molecule has 0 unspecified atom stereocenters. The zero-order valence-electron chi connectivity index (χ0n) is 13.2. The van der Waals surface area contributed by atoms with Crippen molar-refractivity contribution in [3.8, 4) is 0 Å². The van der Waals surface area contributed by atoms with Crippen LogP contribution < -0.4 is 10.0 Å². The van der Waals surface area contributed by atoms with Crippen LogP contribution in [0.15, 0.2) is 42.5 Å². The number of rotatable bonds is 6. The SMILES string of the molecule is O=S(=O)(CCNc1nc(Cl)nc2cc(Cl)c(Cl)cc12)Nc1ccccc1. The predicted octanol–water partition coefficient (Wildman–Crippen LogP) is 4.44. The molecule has 1 heterocycles. The monoisotopic (exact) mass is 430 g/mol. The molecule has 0 bridgehead atoms. The van der Waals surface area contributed by atoms with E-state index in [1.54, 1.807) is 42.5 Å². The molecule has 2 aromatic carbocycles. The zero-order chi connectivity index (χ0) is 18.7. The highest BCUT2D eigenvalue weighted by Crippen LogP contribution is 2.30. The normalized spacial score (nSPS) is 11.5. The third-order valence-corrected chi connectivity index (χ3v) is 5.60. The number of nitrogens with zero attached hydrogens (tertiary/aromatic N) is 2. The van der Waals surface area contributed by atoms with Crippen LogP contribution in [0, 0.1) is 0 Å². The molecule has 1 aromatic heterocycles. The van der Waals surface area contributed by atoms with E-state index in [-0.39, 0.29) is 17.6 Å². The fraction of sp³-hybridized carbons (Fsp3) is 0.125. The average molecular weight is 432 g/mol. The van der Waals surface area contributed by atoms with E-state index in [1.165, 1.54) is 0 Å². The summed E-state index contributed by atoms with van der Waals surface area (Å²) in [6.07, 6.45) is 0. The van der Waals surface area contributed by atoms with Crippen molar-refractivity contribution in [2.45, 2.75) is 0 Å². The van der Waals surface area contributed by atoms with E-state index < -0.39 is 10.0 Å². The van der Waals surface area contributed by atoms with Gasteiger partial charge in [0.25, 0.3) is 0 Å². The fourth-order valence-electron chi connectivity index (χ4n) is 2.27. The molecule has 0 aliphatic rings. The van der Waals surface area contributed by atoms with Crippen LogP contribution in [-0.2, 0) is 10.0 Å². The van der Waals surface area contributed by atoms with Gasteiger partial charge in [-0.05, 0) is 35.9 Å². The summed E-state index contributed by atoms with van der Waals surface area (Å²) in [6.45, 7) is 0.116. The van der Waals surface area contributed by atoms with E-state index in [4.69, 9.17) is 34.8 Å². The van der Waals surface area contributed by atoms with Gasteiger partial charge < -0.3 is 5.32 Å². The average Bonchev–Trinajstić information content (AvgIpc) is 2.57. The minimum atomic E-state index is -3.52. The van der Waals surface area contributed by atoms with Crippen molar-refractivity contribution < 1.29 is 8.42 Å². The molecule has 0 aliphatic heterocycles. The Balaban J connectivity index is 1.74. The highest BCUT2D eigenvalue weighted by molar-refractivity contribution is 7.92. The van der Waals surface area contributed by atoms with Crippen LogP contribution in [0.4, 0.5) is 11.5 Å². The number of sulfonamides is 1. The summed E-state index contributed by atoms with van der Waals surface area (Å²) in [5.74, 6) is 0.222. The first-order valence-electron chi connectivity index (χ1n) is 7.46. The van der Waals surface area contributed by atoms with Crippen molar-refractivity contribution in [3.05, 3.63) is 57.8 Å². The molecule has 0 atom stereocenters. The lowest BCUT2D eigenvalue weighted by molar-refractivity contribution is 0.601. The van der Waals surface area contributed by atoms with Crippen molar-refractivity contribution >= 4 is 67.2 Å². The second kappa shape index (κ2) is 7.84. The molecule has 26 heavy (non-hydrogen) atoms. The van der Waals surface area contributed by atoms with Crippen molar-refractivity contribution in [2.24, 2.45) is 0 Å². The van der Waals surface area contributed by atoms with Crippen LogP contribution in [0.2, 0.25) is 15.3 Å².